The van der Waals surface area contributed by atoms with Gasteiger partial charge in [0.1, 0.15) is 10.6 Å². The first kappa shape index (κ1) is 15.4. The molecule has 0 aliphatic rings. The number of hydrogen-bond acceptors (Lipinski definition) is 3. The first-order chi connectivity index (χ1) is 10.5. The van der Waals surface area contributed by atoms with Gasteiger partial charge in [0.05, 0.1) is 5.02 Å². The molecule has 0 unspecified atom stereocenters. The number of halogens is 3. The van der Waals surface area contributed by atoms with Crippen LogP contribution in [-0.2, 0) is 0 Å². The minimum atomic E-state index is -0.617. The van der Waals surface area contributed by atoms with Crippen molar-refractivity contribution in [2.24, 2.45) is 0 Å². The lowest BCUT2D eigenvalue weighted by Crippen LogP contribution is -2.09. The fourth-order valence-corrected chi connectivity index (χ4v) is 2.79. The second-order valence-corrected chi connectivity index (χ2v) is 6.34. The Kier molecular flexibility index (Phi) is 4.17. The van der Waals surface area contributed by atoms with Gasteiger partial charge in [-0.25, -0.2) is 4.79 Å². The number of rotatable bonds is 2. The molecule has 1 aromatic heterocycles. The molecule has 0 N–H and O–H groups in total. The topological polar surface area (TPSA) is 39.4 Å². The predicted molar refractivity (Wildman–Crippen MR) is 90.1 cm³/mol. The van der Waals surface area contributed by atoms with Gasteiger partial charge in [-0.3, -0.25) is 0 Å². The van der Waals surface area contributed by atoms with Crippen LogP contribution in [0.25, 0.3) is 11.0 Å². The monoisotopic (exact) mass is 398 g/mol. The molecule has 0 saturated heterocycles. The smallest absolute Gasteiger partial charge is 0.379 e. The lowest BCUT2D eigenvalue weighted by Gasteiger charge is -2.05. The van der Waals surface area contributed by atoms with E-state index in [1.807, 2.05) is 12.1 Å². The van der Waals surface area contributed by atoms with Gasteiger partial charge in [0, 0.05) is 15.4 Å². The van der Waals surface area contributed by atoms with Gasteiger partial charge >= 0.3 is 5.97 Å². The molecule has 1 heterocycles. The van der Waals surface area contributed by atoms with Crippen LogP contribution in [0.5, 0.6) is 5.75 Å². The van der Waals surface area contributed by atoms with Crippen molar-refractivity contribution in [2.45, 2.75) is 6.92 Å². The molecule has 3 aromatic rings. The molecule has 0 radical (unpaired) electrons. The largest absolute Gasteiger partial charge is 0.449 e. The molecule has 3 nitrogen and oxygen atoms in total. The highest BCUT2D eigenvalue weighted by molar-refractivity contribution is 9.10. The minimum absolute atomic E-state index is 0.143. The fourth-order valence-electron chi connectivity index (χ4n) is 2.10. The van der Waals surface area contributed by atoms with Crippen LogP contribution in [0.15, 0.2) is 45.3 Å². The van der Waals surface area contributed by atoms with Crippen molar-refractivity contribution in [1.82, 2.24) is 0 Å². The van der Waals surface area contributed by atoms with E-state index >= 15 is 0 Å². The lowest BCUT2D eigenvalue weighted by atomic mass is 10.1. The average Bonchev–Trinajstić information content (AvgIpc) is 2.81. The molecule has 0 saturated carbocycles. The number of hydrogen-bond donors (Lipinski definition) is 0. The number of benzene rings is 2. The highest BCUT2D eigenvalue weighted by Gasteiger charge is 2.21. The normalized spacial score (nSPS) is 10.9. The summed E-state index contributed by atoms with van der Waals surface area (Å²) in [6.45, 7) is 1.80. The van der Waals surface area contributed by atoms with Crippen LogP contribution in [0, 0.1) is 6.92 Å². The zero-order chi connectivity index (χ0) is 15.9. The van der Waals surface area contributed by atoms with Crippen molar-refractivity contribution in [2.75, 3.05) is 0 Å². The molecule has 6 heteroatoms. The summed E-state index contributed by atoms with van der Waals surface area (Å²) < 4.78 is 11.8. The van der Waals surface area contributed by atoms with E-state index in [4.69, 9.17) is 32.4 Å². The number of esters is 1. The number of carbonyl (C=O) groups is 1. The van der Waals surface area contributed by atoms with Crippen LogP contribution in [0.1, 0.15) is 16.1 Å². The maximum Gasteiger partial charge on any atom is 0.379 e. The van der Waals surface area contributed by atoms with Crippen LogP contribution in [0.4, 0.5) is 0 Å². The molecule has 0 fully saturated rings. The summed E-state index contributed by atoms with van der Waals surface area (Å²) in [5.41, 5.74) is 1.32. The van der Waals surface area contributed by atoms with E-state index in [0.717, 1.165) is 9.86 Å². The third-order valence-corrected chi connectivity index (χ3v) is 4.50. The molecular weight excluding hydrogens is 391 g/mol. The maximum absolute atomic E-state index is 12.3. The number of furan rings is 1. The molecule has 0 atom stereocenters. The summed E-state index contributed by atoms with van der Waals surface area (Å²) in [4.78, 5) is 12.3. The summed E-state index contributed by atoms with van der Waals surface area (Å²) in [6.07, 6.45) is 0. The van der Waals surface area contributed by atoms with Gasteiger partial charge in [-0.15, -0.1) is 0 Å². The summed E-state index contributed by atoms with van der Waals surface area (Å²) in [6, 6.07) is 10.4. The molecule has 0 spiro atoms. The Hall–Kier alpha value is -1.49. The van der Waals surface area contributed by atoms with Gasteiger partial charge in [0.25, 0.3) is 0 Å². The maximum atomic E-state index is 12.3. The average molecular weight is 400 g/mol. The van der Waals surface area contributed by atoms with Crippen LogP contribution in [-0.4, -0.2) is 5.97 Å². The minimum Gasteiger partial charge on any atom is -0.449 e. The van der Waals surface area contributed by atoms with Crippen molar-refractivity contribution in [3.05, 3.63) is 62.2 Å². The van der Waals surface area contributed by atoms with Crippen molar-refractivity contribution in [3.8, 4) is 5.75 Å². The number of carbonyl (C=O) groups excluding carboxylic acids is 1. The van der Waals surface area contributed by atoms with E-state index in [1.54, 1.807) is 31.2 Å². The summed E-state index contributed by atoms with van der Waals surface area (Å²) in [7, 11) is 0. The Morgan fingerprint density at radius 2 is 2.00 bits per heavy atom. The number of ether oxygens (including phenoxy) is 1. The Balaban J connectivity index is 1.99. The standard InChI is InChI=1S/C16H9BrCl2O3/c1-8-10-7-9(17)5-6-12(10)21-15(8)16(20)22-13-4-2-3-11(18)14(13)19/h2-7H,1H3. The highest BCUT2D eigenvalue weighted by atomic mass is 79.9. The Morgan fingerprint density at radius 1 is 1.23 bits per heavy atom. The Bertz CT molecular complexity index is 886. The van der Waals surface area contributed by atoms with Crippen molar-refractivity contribution in [1.29, 1.82) is 0 Å². The zero-order valence-electron chi connectivity index (χ0n) is 11.3. The third-order valence-electron chi connectivity index (χ3n) is 3.20. The summed E-state index contributed by atoms with van der Waals surface area (Å²) in [5.74, 6) is -0.279. The summed E-state index contributed by atoms with van der Waals surface area (Å²) >= 11 is 15.3. The van der Waals surface area contributed by atoms with Crippen LogP contribution >= 0.6 is 39.1 Å². The van der Waals surface area contributed by atoms with E-state index in [2.05, 4.69) is 15.9 Å². The molecule has 0 amide bonds. The van der Waals surface area contributed by atoms with Crippen LogP contribution < -0.4 is 4.74 Å². The van der Waals surface area contributed by atoms with Crippen molar-refractivity contribution in [3.63, 3.8) is 0 Å². The summed E-state index contributed by atoms with van der Waals surface area (Å²) in [5, 5.41) is 1.35. The molecule has 0 bridgehead atoms. The Morgan fingerprint density at radius 3 is 2.77 bits per heavy atom. The molecule has 0 aliphatic heterocycles. The van der Waals surface area contributed by atoms with Crippen molar-refractivity contribution < 1.29 is 13.9 Å². The lowest BCUT2D eigenvalue weighted by molar-refractivity contribution is 0.0703. The van der Waals surface area contributed by atoms with E-state index in [0.29, 0.717) is 16.2 Å². The highest BCUT2D eigenvalue weighted by Crippen LogP contribution is 2.33. The van der Waals surface area contributed by atoms with E-state index in [-0.39, 0.29) is 16.5 Å². The molecule has 22 heavy (non-hydrogen) atoms. The predicted octanol–water partition coefficient (Wildman–Crippen LogP) is 6.03. The quantitative estimate of drug-likeness (QED) is 0.390. The second-order valence-electron chi connectivity index (χ2n) is 4.64. The number of fused-ring (bicyclic) bond motifs is 1. The first-order valence-corrected chi connectivity index (χ1v) is 7.87. The molecule has 3 rings (SSSR count). The van der Waals surface area contributed by atoms with E-state index < -0.39 is 5.97 Å². The fraction of sp³-hybridized carbons (Fsp3) is 0.0625. The molecule has 2 aromatic carbocycles. The zero-order valence-corrected chi connectivity index (χ0v) is 14.4. The SMILES string of the molecule is Cc1c(C(=O)Oc2cccc(Cl)c2Cl)oc2ccc(Br)cc12. The molecule has 112 valence electrons. The second kappa shape index (κ2) is 5.95. The van der Waals surface area contributed by atoms with Gasteiger partial charge in [-0.05, 0) is 37.3 Å². The van der Waals surface area contributed by atoms with Gasteiger partial charge in [-0.1, -0.05) is 45.2 Å². The van der Waals surface area contributed by atoms with Gasteiger partial charge in [0.15, 0.2) is 5.75 Å². The van der Waals surface area contributed by atoms with E-state index in [1.165, 1.54) is 0 Å². The third kappa shape index (κ3) is 2.74. The van der Waals surface area contributed by atoms with Crippen LogP contribution in [0.3, 0.4) is 0 Å². The van der Waals surface area contributed by atoms with E-state index in [9.17, 15) is 4.79 Å². The van der Waals surface area contributed by atoms with Crippen molar-refractivity contribution >= 4 is 56.1 Å². The van der Waals surface area contributed by atoms with Gasteiger partial charge in [-0.2, -0.15) is 0 Å². The molecule has 0 aliphatic carbocycles. The number of aryl methyl sites for hydroxylation is 1. The van der Waals surface area contributed by atoms with Gasteiger partial charge in [0.2, 0.25) is 5.76 Å². The van der Waals surface area contributed by atoms with Crippen LogP contribution in [0.2, 0.25) is 10.0 Å². The molecular formula is C16H9BrCl2O3. The Labute approximate surface area is 144 Å². The first-order valence-electron chi connectivity index (χ1n) is 6.32. The van der Waals surface area contributed by atoms with Gasteiger partial charge < -0.3 is 9.15 Å².